The Morgan fingerprint density at radius 3 is 2.43 bits per heavy atom. The molecule has 0 saturated heterocycles. The van der Waals surface area contributed by atoms with Gasteiger partial charge in [-0.1, -0.05) is 12.1 Å². The predicted octanol–water partition coefficient (Wildman–Crippen LogP) is 2.62. The van der Waals surface area contributed by atoms with Crippen molar-refractivity contribution in [2.45, 2.75) is 37.8 Å². The van der Waals surface area contributed by atoms with Gasteiger partial charge in [0.1, 0.15) is 5.82 Å². The van der Waals surface area contributed by atoms with Crippen molar-refractivity contribution < 1.29 is 5.11 Å². The summed E-state index contributed by atoms with van der Waals surface area (Å²) >= 11 is 0. The highest BCUT2D eigenvalue weighted by Gasteiger charge is 2.42. The zero-order valence-electron chi connectivity index (χ0n) is 12.3. The molecule has 4 nitrogen and oxygen atoms in total. The standard InChI is InChI=1S/C17H21N3O/c1-20(13-6-11-8-14(21)9-12(11)7-13)17-10-18-15-4-2-3-5-16(15)19-17/h2-5,10-14,21H,6-9H2,1H3/t11-,12+,13?,14?. The van der Waals surface area contributed by atoms with Gasteiger partial charge < -0.3 is 10.0 Å². The van der Waals surface area contributed by atoms with E-state index in [0.717, 1.165) is 29.7 Å². The van der Waals surface area contributed by atoms with Crippen LogP contribution in [0.25, 0.3) is 11.0 Å². The van der Waals surface area contributed by atoms with Crippen LogP contribution in [0.15, 0.2) is 30.5 Å². The number of aromatic nitrogens is 2. The Morgan fingerprint density at radius 1 is 1.05 bits per heavy atom. The molecular formula is C17H21N3O. The summed E-state index contributed by atoms with van der Waals surface area (Å²) in [6.45, 7) is 0. The number of aliphatic hydroxyl groups is 1. The lowest BCUT2D eigenvalue weighted by Crippen LogP contribution is -2.31. The zero-order chi connectivity index (χ0) is 14.4. The van der Waals surface area contributed by atoms with Gasteiger partial charge >= 0.3 is 0 Å². The summed E-state index contributed by atoms with van der Waals surface area (Å²) in [6.07, 6.45) is 6.13. The first-order chi connectivity index (χ1) is 10.2. The molecular weight excluding hydrogens is 262 g/mol. The van der Waals surface area contributed by atoms with Crippen molar-refractivity contribution in [2.75, 3.05) is 11.9 Å². The maximum atomic E-state index is 9.76. The molecule has 0 aliphatic heterocycles. The van der Waals surface area contributed by atoms with Gasteiger partial charge in [-0.3, -0.25) is 4.98 Å². The highest BCUT2D eigenvalue weighted by Crippen LogP contribution is 2.45. The Bertz CT molecular complexity index is 645. The Balaban J connectivity index is 1.55. The van der Waals surface area contributed by atoms with E-state index in [1.54, 1.807) is 0 Å². The maximum Gasteiger partial charge on any atom is 0.147 e. The van der Waals surface area contributed by atoms with E-state index in [0.29, 0.717) is 17.9 Å². The summed E-state index contributed by atoms with van der Waals surface area (Å²) in [7, 11) is 2.13. The first-order valence-corrected chi connectivity index (χ1v) is 7.83. The van der Waals surface area contributed by atoms with E-state index in [1.165, 1.54) is 12.8 Å². The molecule has 2 aliphatic carbocycles. The molecule has 21 heavy (non-hydrogen) atoms. The quantitative estimate of drug-likeness (QED) is 0.920. The molecule has 1 N–H and O–H groups in total. The predicted molar refractivity (Wildman–Crippen MR) is 83.2 cm³/mol. The number of aliphatic hydroxyl groups excluding tert-OH is 1. The molecule has 1 heterocycles. The number of rotatable bonds is 2. The summed E-state index contributed by atoms with van der Waals surface area (Å²) in [6, 6.07) is 8.53. The average molecular weight is 283 g/mol. The SMILES string of the molecule is CN(c1cnc2ccccc2n1)C1C[C@H]2CC(O)C[C@H]2C1. The fraction of sp³-hybridized carbons (Fsp3) is 0.529. The fourth-order valence-corrected chi connectivity index (χ4v) is 4.17. The van der Waals surface area contributed by atoms with Crippen molar-refractivity contribution in [3.63, 3.8) is 0 Å². The molecule has 110 valence electrons. The molecule has 0 spiro atoms. The Hall–Kier alpha value is -1.68. The number of hydrogen-bond donors (Lipinski definition) is 1. The smallest absolute Gasteiger partial charge is 0.147 e. The van der Waals surface area contributed by atoms with Crippen LogP contribution in [0, 0.1) is 11.8 Å². The summed E-state index contributed by atoms with van der Waals surface area (Å²) in [4.78, 5) is 11.5. The molecule has 0 amide bonds. The van der Waals surface area contributed by atoms with Crippen LogP contribution in [0.4, 0.5) is 5.82 Å². The first-order valence-electron chi connectivity index (χ1n) is 7.83. The van der Waals surface area contributed by atoms with Gasteiger partial charge in [-0.2, -0.15) is 0 Å². The summed E-state index contributed by atoms with van der Waals surface area (Å²) in [5, 5.41) is 9.76. The number of nitrogens with zero attached hydrogens (tertiary/aromatic N) is 3. The summed E-state index contributed by atoms with van der Waals surface area (Å²) < 4.78 is 0. The largest absolute Gasteiger partial charge is 0.393 e. The number of para-hydroxylation sites is 2. The third-order valence-electron chi connectivity index (χ3n) is 5.31. The van der Waals surface area contributed by atoms with E-state index < -0.39 is 0 Å². The van der Waals surface area contributed by atoms with Gasteiger partial charge in [0.15, 0.2) is 0 Å². The molecule has 2 unspecified atom stereocenters. The van der Waals surface area contributed by atoms with Crippen LogP contribution in [-0.4, -0.2) is 34.3 Å². The molecule has 4 atom stereocenters. The summed E-state index contributed by atoms with van der Waals surface area (Å²) in [5.74, 6) is 2.35. The van der Waals surface area contributed by atoms with Crippen LogP contribution in [0.2, 0.25) is 0 Å². The lowest BCUT2D eigenvalue weighted by Gasteiger charge is -2.26. The van der Waals surface area contributed by atoms with Crippen molar-refractivity contribution in [2.24, 2.45) is 11.8 Å². The summed E-state index contributed by atoms with van der Waals surface area (Å²) in [5.41, 5.74) is 1.90. The minimum absolute atomic E-state index is 0.0632. The molecule has 2 aliphatic rings. The highest BCUT2D eigenvalue weighted by atomic mass is 16.3. The number of fused-ring (bicyclic) bond motifs is 2. The Labute approximate surface area is 124 Å². The van der Waals surface area contributed by atoms with Crippen LogP contribution in [0.5, 0.6) is 0 Å². The minimum Gasteiger partial charge on any atom is -0.393 e. The molecule has 4 rings (SSSR count). The van der Waals surface area contributed by atoms with Gasteiger partial charge in [0.25, 0.3) is 0 Å². The highest BCUT2D eigenvalue weighted by molar-refractivity contribution is 5.75. The molecule has 2 fully saturated rings. The number of benzene rings is 1. The van der Waals surface area contributed by atoms with E-state index in [-0.39, 0.29) is 6.10 Å². The van der Waals surface area contributed by atoms with Crippen LogP contribution in [-0.2, 0) is 0 Å². The van der Waals surface area contributed by atoms with Crippen molar-refractivity contribution in [1.29, 1.82) is 0 Å². The van der Waals surface area contributed by atoms with Crippen molar-refractivity contribution in [3.05, 3.63) is 30.5 Å². The van der Waals surface area contributed by atoms with Gasteiger partial charge in [-0.05, 0) is 49.7 Å². The number of hydrogen-bond acceptors (Lipinski definition) is 4. The van der Waals surface area contributed by atoms with Crippen LogP contribution >= 0.6 is 0 Å². The second kappa shape index (κ2) is 4.95. The van der Waals surface area contributed by atoms with Crippen molar-refractivity contribution >= 4 is 16.9 Å². The normalized spacial score (nSPS) is 31.5. The molecule has 0 radical (unpaired) electrons. The van der Waals surface area contributed by atoms with E-state index >= 15 is 0 Å². The second-order valence-corrected chi connectivity index (χ2v) is 6.60. The maximum absolute atomic E-state index is 9.76. The first kappa shape index (κ1) is 13.0. The molecule has 1 aromatic heterocycles. The minimum atomic E-state index is -0.0632. The monoisotopic (exact) mass is 283 g/mol. The van der Waals surface area contributed by atoms with E-state index in [4.69, 9.17) is 4.98 Å². The third kappa shape index (κ3) is 2.27. The van der Waals surface area contributed by atoms with E-state index in [2.05, 4.69) is 16.9 Å². The lowest BCUT2D eigenvalue weighted by molar-refractivity contribution is 0.171. The van der Waals surface area contributed by atoms with Gasteiger partial charge in [-0.25, -0.2) is 4.98 Å². The lowest BCUT2D eigenvalue weighted by atomic mass is 10.0. The van der Waals surface area contributed by atoms with Crippen molar-refractivity contribution in [1.82, 2.24) is 9.97 Å². The molecule has 2 saturated carbocycles. The average Bonchev–Trinajstić information content (AvgIpc) is 3.03. The van der Waals surface area contributed by atoms with Gasteiger partial charge in [0.2, 0.25) is 0 Å². The van der Waals surface area contributed by atoms with Crippen LogP contribution in [0.3, 0.4) is 0 Å². The van der Waals surface area contributed by atoms with Crippen LogP contribution < -0.4 is 4.90 Å². The molecule has 2 aromatic rings. The molecule has 1 aromatic carbocycles. The van der Waals surface area contributed by atoms with E-state index in [1.807, 2.05) is 30.5 Å². The van der Waals surface area contributed by atoms with Gasteiger partial charge in [0.05, 0.1) is 23.3 Å². The fourth-order valence-electron chi connectivity index (χ4n) is 4.17. The molecule has 0 bridgehead atoms. The van der Waals surface area contributed by atoms with Crippen LogP contribution in [0.1, 0.15) is 25.7 Å². The van der Waals surface area contributed by atoms with E-state index in [9.17, 15) is 5.11 Å². The topological polar surface area (TPSA) is 49.2 Å². The van der Waals surface area contributed by atoms with Crippen molar-refractivity contribution in [3.8, 4) is 0 Å². The van der Waals surface area contributed by atoms with Gasteiger partial charge in [-0.15, -0.1) is 0 Å². The Kier molecular flexibility index (Phi) is 3.07. The third-order valence-corrected chi connectivity index (χ3v) is 5.31. The zero-order valence-corrected chi connectivity index (χ0v) is 12.3. The number of anilines is 1. The van der Waals surface area contributed by atoms with Gasteiger partial charge in [0, 0.05) is 13.1 Å². The Morgan fingerprint density at radius 2 is 1.71 bits per heavy atom. The second-order valence-electron chi connectivity index (χ2n) is 6.60. The molecule has 4 heteroatoms.